The SMILES string of the molecule is FC(F)(F)c1cccc(-c2cn[nH]c2[C@H]2CCCN(Cc3cccnc3)C2)c1. The number of nitrogens with zero attached hydrogens (tertiary/aromatic N) is 3. The highest BCUT2D eigenvalue weighted by molar-refractivity contribution is 5.66. The highest BCUT2D eigenvalue weighted by Crippen LogP contribution is 2.36. The number of aromatic nitrogens is 3. The van der Waals surface area contributed by atoms with E-state index in [0.717, 1.165) is 55.4 Å². The second-order valence-electron chi connectivity index (χ2n) is 7.21. The topological polar surface area (TPSA) is 44.8 Å². The van der Waals surface area contributed by atoms with Crippen molar-refractivity contribution in [3.05, 3.63) is 71.8 Å². The molecule has 1 saturated heterocycles. The van der Waals surface area contributed by atoms with Crippen molar-refractivity contribution in [3.63, 3.8) is 0 Å². The summed E-state index contributed by atoms with van der Waals surface area (Å²) in [6, 6.07) is 9.44. The van der Waals surface area contributed by atoms with E-state index in [1.165, 1.54) is 12.1 Å². The van der Waals surface area contributed by atoms with Gasteiger partial charge in [-0.2, -0.15) is 18.3 Å². The predicted molar refractivity (Wildman–Crippen MR) is 101 cm³/mol. The molecule has 28 heavy (non-hydrogen) atoms. The molecule has 0 saturated carbocycles. The fourth-order valence-electron chi connectivity index (χ4n) is 3.89. The number of likely N-dealkylation sites (tertiary alicyclic amines) is 1. The summed E-state index contributed by atoms with van der Waals surface area (Å²) in [5.74, 6) is 0.206. The molecule has 4 rings (SSSR count). The van der Waals surface area contributed by atoms with E-state index in [1.807, 2.05) is 12.3 Å². The first-order chi connectivity index (χ1) is 13.5. The van der Waals surface area contributed by atoms with Gasteiger partial charge in [-0.15, -0.1) is 0 Å². The maximum absolute atomic E-state index is 13.1. The summed E-state index contributed by atoms with van der Waals surface area (Å²) in [5, 5.41) is 7.19. The number of halogens is 3. The lowest BCUT2D eigenvalue weighted by Crippen LogP contribution is -2.34. The van der Waals surface area contributed by atoms with Gasteiger partial charge in [0.1, 0.15) is 0 Å². The van der Waals surface area contributed by atoms with Crippen LogP contribution in [0.25, 0.3) is 11.1 Å². The Kier molecular flexibility index (Phi) is 5.17. The van der Waals surface area contributed by atoms with Gasteiger partial charge in [0.15, 0.2) is 0 Å². The van der Waals surface area contributed by atoms with Gasteiger partial charge in [0.25, 0.3) is 0 Å². The van der Waals surface area contributed by atoms with E-state index >= 15 is 0 Å². The van der Waals surface area contributed by atoms with Crippen LogP contribution in [0.3, 0.4) is 0 Å². The largest absolute Gasteiger partial charge is 0.416 e. The number of H-pyrrole nitrogens is 1. The fraction of sp³-hybridized carbons (Fsp3) is 0.333. The zero-order chi connectivity index (χ0) is 19.6. The molecule has 4 nitrogen and oxygen atoms in total. The van der Waals surface area contributed by atoms with Crippen molar-refractivity contribution in [2.45, 2.75) is 31.5 Å². The van der Waals surface area contributed by atoms with Gasteiger partial charge in [-0.3, -0.25) is 15.0 Å². The number of hydrogen-bond acceptors (Lipinski definition) is 3. The van der Waals surface area contributed by atoms with Gasteiger partial charge in [-0.25, -0.2) is 0 Å². The Morgan fingerprint density at radius 1 is 1.14 bits per heavy atom. The standard InChI is InChI=1S/C21H21F3N4/c22-21(23,24)18-7-1-5-16(10-18)19-12-26-27-20(19)17-6-3-9-28(14-17)13-15-4-2-8-25-11-15/h1-2,4-5,7-8,10-12,17H,3,6,9,13-14H2,(H,26,27)/t17-/m0/s1. The van der Waals surface area contributed by atoms with Crippen molar-refractivity contribution in [1.82, 2.24) is 20.1 Å². The minimum absolute atomic E-state index is 0.206. The van der Waals surface area contributed by atoms with E-state index in [4.69, 9.17) is 0 Å². The van der Waals surface area contributed by atoms with E-state index in [0.29, 0.717) is 5.56 Å². The number of benzene rings is 1. The Hall–Kier alpha value is -2.67. The fourth-order valence-corrected chi connectivity index (χ4v) is 3.89. The molecule has 3 heterocycles. The molecule has 1 aromatic carbocycles. The van der Waals surface area contributed by atoms with E-state index in [-0.39, 0.29) is 5.92 Å². The molecular formula is C21H21F3N4. The number of rotatable bonds is 4. The Labute approximate surface area is 161 Å². The van der Waals surface area contributed by atoms with Crippen LogP contribution in [-0.2, 0) is 12.7 Å². The first-order valence-electron chi connectivity index (χ1n) is 9.33. The van der Waals surface area contributed by atoms with Crippen LogP contribution in [0.5, 0.6) is 0 Å². The van der Waals surface area contributed by atoms with Gasteiger partial charge >= 0.3 is 6.18 Å². The quantitative estimate of drug-likeness (QED) is 0.696. The van der Waals surface area contributed by atoms with Gasteiger partial charge in [-0.1, -0.05) is 18.2 Å². The molecule has 7 heteroatoms. The molecule has 1 fully saturated rings. The maximum Gasteiger partial charge on any atom is 0.416 e. The number of alkyl halides is 3. The molecule has 3 aromatic rings. The zero-order valence-electron chi connectivity index (χ0n) is 15.3. The van der Waals surface area contributed by atoms with Gasteiger partial charge in [-0.05, 0) is 48.7 Å². The minimum Gasteiger partial charge on any atom is -0.298 e. The van der Waals surface area contributed by atoms with E-state index < -0.39 is 11.7 Å². The van der Waals surface area contributed by atoms with Crippen molar-refractivity contribution in [2.24, 2.45) is 0 Å². The molecule has 0 aliphatic carbocycles. The summed E-state index contributed by atoms with van der Waals surface area (Å²) in [6.07, 6.45) is 2.92. The molecular weight excluding hydrogens is 365 g/mol. The molecule has 2 aromatic heterocycles. The summed E-state index contributed by atoms with van der Waals surface area (Å²) in [4.78, 5) is 6.53. The molecule has 0 amide bonds. The minimum atomic E-state index is -4.36. The highest BCUT2D eigenvalue weighted by Gasteiger charge is 2.31. The van der Waals surface area contributed by atoms with Crippen LogP contribution in [0, 0.1) is 0 Å². The van der Waals surface area contributed by atoms with Crippen molar-refractivity contribution in [2.75, 3.05) is 13.1 Å². The second-order valence-corrected chi connectivity index (χ2v) is 7.21. The van der Waals surface area contributed by atoms with Crippen LogP contribution in [0.4, 0.5) is 13.2 Å². The highest BCUT2D eigenvalue weighted by atomic mass is 19.4. The van der Waals surface area contributed by atoms with E-state index in [2.05, 4.69) is 26.1 Å². The van der Waals surface area contributed by atoms with Crippen molar-refractivity contribution in [1.29, 1.82) is 0 Å². The summed E-state index contributed by atoms with van der Waals surface area (Å²) in [5.41, 5.74) is 2.72. The maximum atomic E-state index is 13.1. The Bertz CT molecular complexity index is 921. The Balaban J connectivity index is 1.55. The van der Waals surface area contributed by atoms with Crippen molar-refractivity contribution >= 4 is 0 Å². The van der Waals surface area contributed by atoms with Crippen LogP contribution in [0.2, 0.25) is 0 Å². The number of hydrogen-bond donors (Lipinski definition) is 1. The van der Waals surface area contributed by atoms with Gasteiger partial charge in [0, 0.05) is 42.7 Å². The summed E-state index contributed by atoms with van der Waals surface area (Å²) < 4.78 is 39.3. The monoisotopic (exact) mass is 386 g/mol. The van der Waals surface area contributed by atoms with Crippen molar-refractivity contribution in [3.8, 4) is 11.1 Å². The average Bonchev–Trinajstić information content (AvgIpc) is 3.18. The molecule has 1 aliphatic rings. The second kappa shape index (κ2) is 7.75. The Morgan fingerprint density at radius 2 is 2.04 bits per heavy atom. The van der Waals surface area contributed by atoms with Crippen molar-refractivity contribution < 1.29 is 13.2 Å². The molecule has 0 radical (unpaired) electrons. The summed E-state index contributed by atoms with van der Waals surface area (Å²) in [6.45, 7) is 2.65. The molecule has 1 N–H and O–H groups in total. The molecule has 1 atom stereocenters. The third-order valence-electron chi connectivity index (χ3n) is 5.21. The van der Waals surface area contributed by atoms with E-state index in [1.54, 1.807) is 18.5 Å². The molecule has 0 spiro atoms. The lowest BCUT2D eigenvalue weighted by molar-refractivity contribution is -0.137. The number of nitrogens with one attached hydrogen (secondary N) is 1. The van der Waals surface area contributed by atoms with Gasteiger partial charge in [0.05, 0.1) is 11.8 Å². The van der Waals surface area contributed by atoms with Crippen LogP contribution in [-0.4, -0.2) is 33.2 Å². The van der Waals surface area contributed by atoms with Crippen LogP contribution in [0.15, 0.2) is 55.0 Å². The van der Waals surface area contributed by atoms with E-state index in [9.17, 15) is 13.2 Å². The van der Waals surface area contributed by atoms with Gasteiger partial charge < -0.3 is 0 Å². The lowest BCUT2D eigenvalue weighted by atomic mass is 9.90. The zero-order valence-corrected chi connectivity index (χ0v) is 15.3. The third kappa shape index (κ3) is 4.09. The lowest BCUT2D eigenvalue weighted by Gasteiger charge is -2.32. The summed E-state index contributed by atoms with van der Waals surface area (Å²) >= 11 is 0. The number of piperidine rings is 1. The van der Waals surface area contributed by atoms with Crippen LogP contribution < -0.4 is 0 Å². The smallest absolute Gasteiger partial charge is 0.298 e. The first-order valence-corrected chi connectivity index (χ1v) is 9.33. The van der Waals surface area contributed by atoms with Crippen LogP contribution >= 0.6 is 0 Å². The first kappa shape index (κ1) is 18.7. The molecule has 0 bridgehead atoms. The molecule has 1 aliphatic heterocycles. The third-order valence-corrected chi connectivity index (χ3v) is 5.21. The number of aromatic amines is 1. The average molecular weight is 386 g/mol. The summed E-state index contributed by atoms with van der Waals surface area (Å²) in [7, 11) is 0. The predicted octanol–water partition coefficient (Wildman–Crippen LogP) is 4.87. The van der Waals surface area contributed by atoms with Crippen LogP contribution in [0.1, 0.15) is 35.6 Å². The normalized spacial score (nSPS) is 18.3. The molecule has 146 valence electrons. The van der Waals surface area contributed by atoms with Gasteiger partial charge in [0.2, 0.25) is 0 Å². The number of pyridine rings is 1. The molecule has 0 unspecified atom stereocenters. The Morgan fingerprint density at radius 3 is 2.82 bits per heavy atom.